The highest BCUT2D eigenvalue weighted by atomic mass is 32.1. The summed E-state index contributed by atoms with van der Waals surface area (Å²) in [4.78, 5) is 0. The summed E-state index contributed by atoms with van der Waals surface area (Å²) in [6, 6.07) is 0. The van der Waals surface area contributed by atoms with Crippen LogP contribution in [0.2, 0.25) is 0 Å². The zero-order chi connectivity index (χ0) is 9.28. The monoisotopic (exact) mass is 176 g/mol. The van der Waals surface area contributed by atoms with E-state index >= 15 is 0 Å². The van der Waals surface area contributed by atoms with Crippen molar-refractivity contribution in [3.63, 3.8) is 0 Å². The highest BCUT2D eigenvalue weighted by molar-refractivity contribution is 7.80. The van der Waals surface area contributed by atoms with E-state index in [1.54, 1.807) is 0 Å². The molecule has 0 aromatic carbocycles. The molecule has 68 valence electrons. The molecule has 0 spiro atoms. The molecule has 0 rings (SSSR count). The molecule has 0 heterocycles. The molecule has 1 atom stereocenters. The van der Waals surface area contributed by atoms with Crippen LogP contribution in [0.25, 0.3) is 0 Å². The number of rotatable bonds is 2. The molecule has 0 radical (unpaired) electrons. The Balaban J connectivity index is 4.35. The van der Waals surface area contributed by atoms with E-state index in [9.17, 15) is 5.11 Å². The summed E-state index contributed by atoms with van der Waals surface area (Å²) in [6.07, 6.45) is -0.299. The summed E-state index contributed by atoms with van der Waals surface area (Å²) in [5.74, 6) is 0.714. The van der Waals surface area contributed by atoms with E-state index in [0.717, 1.165) is 0 Å². The van der Waals surface area contributed by atoms with E-state index in [4.69, 9.17) is 0 Å². The summed E-state index contributed by atoms with van der Waals surface area (Å²) in [5, 5.41) is 9.86. The van der Waals surface area contributed by atoms with Gasteiger partial charge >= 0.3 is 0 Å². The minimum atomic E-state index is -0.299. The smallest absolute Gasteiger partial charge is 0.0647 e. The fourth-order valence-electron chi connectivity index (χ4n) is 1.26. The first-order chi connectivity index (χ1) is 4.72. The number of aliphatic hydroxyl groups excluding tert-OH is 1. The maximum Gasteiger partial charge on any atom is 0.0647 e. The lowest BCUT2D eigenvalue weighted by atomic mass is 9.74. The van der Waals surface area contributed by atoms with Gasteiger partial charge in [0.15, 0.2) is 0 Å². The molecule has 1 unspecified atom stereocenters. The van der Waals surface area contributed by atoms with Gasteiger partial charge in [-0.05, 0) is 16.6 Å². The van der Waals surface area contributed by atoms with Crippen molar-refractivity contribution in [3.05, 3.63) is 0 Å². The quantitative estimate of drug-likeness (QED) is 0.619. The standard InChI is InChI=1S/C9H20OS/c1-8(2,3)7(10)9(4,5)6-11/h7,10-11H,6H2,1-5H3. The van der Waals surface area contributed by atoms with E-state index in [1.165, 1.54) is 0 Å². The average Bonchev–Trinajstić information content (AvgIpc) is 1.84. The van der Waals surface area contributed by atoms with Crippen molar-refractivity contribution >= 4 is 12.6 Å². The van der Waals surface area contributed by atoms with Crippen LogP contribution in [0.4, 0.5) is 0 Å². The fourth-order valence-corrected chi connectivity index (χ4v) is 1.43. The van der Waals surface area contributed by atoms with Gasteiger partial charge in [-0.1, -0.05) is 34.6 Å². The van der Waals surface area contributed by atoms with Gasteiger partial charge in [0, 0.05) is 0 Å². The average molecular weight is 176 g/mol. The van der Waals surface area contributed by atoms with Gasteiger partial charge in [0.2, 0.25) is 0 Å². The van der Waals surface area contributed by atoms with Gasteiger partial charge in [0.05, 0.1) is 6.10 Å². The van der Waals surface area contributed by atoms with Gasteiger partial charge < -0.3 is 5.11 Å². The van der Waals surface area contributed by atoms with Gasteiger partial charge in [-0.15, -0.1) is 0 Å². The summed E-state index contributed by atoms with van der Waals surface area (Å²) in [7, 11) is 0. The van der Waals surface area contributed by atoms with Gasteiger partial charge in [-0.25, -0.2) is 0 Å². The van der Waals surface area contributed by atoms with E-state index in [2.05, 4.69) is 12.6 Å². The third-order valence-corrected chi connectivity index (χ3v) is 2.78. The summed E-state index contributed by atoms with van der Waals surface area (Å²) in [5.41, 5.74) is -0.145. The van der Waals surface area contributed by atoms with Crippen LogP contribution in [0.5, 0.6) is 0 Å². The highest BCUT2D eigenvalue weighted by Gasteiger charge is 2.35. The van der Waals surface area contributed by atoms with Crippen LogP contribution in [0.15, 0.2) is 0 Å². The molecule has 2 heteroatoms. The largest absolute Gasteiger partial charge is 0.392 e. The van der Waals surface area contributed by atoms with Crippen LogP contribution in [-0.4, -0.2) is 17.0 Å². The molecule has 0 aliphatic rings. The maximum atomic E-state index is 9.86. The van der Waals surface area contributed by atoms with Gasteiger partial charge in [-0.3, -0.25) is 0 Å². The number of aliphatic hydroxyl groups is 1. The molecule has 0 aliphatic heterocycles. The van der Waals surface area contributed by atoms with Crippen LogP contribution in [0, 0.1) is 10.8 Å². The molecule has 0 fully saturated rings. The van der Waals surface area contributed by atoms with Gasteiger partial charge in [-0.2, -0.15) is 12.6 Å². The van der Waals surface area contributed by atoms with Crippen LogP contribution in [-0.2, 0) is 0 Å². The lowest BCUT2D eigenvalue weighted by Gasteiger charge is -2.38. The Morgan fingerprint density at radius 1 is 1.18 bits per heavy atom. The molecule has 1 nitrogen and oxygen atoms in total. The number of thiol groups is 1. The van der Waals surface area contributed by atoms with Crippen molar-refractivity contribution < 1.29 is 5.11 Å². The molecule has 0 aromatic heterocycles. The predicted molar refractivity (Wildman–Crippen MR) is 53.1 cm³/mol. The first-order valence-corrected chi connectivity index (χ1v) is 4.64. The molecule has 0 bridgehead atoms. The molecular formula is C9H20OS. The van der Waals surface area contributed by atoms with Crippen molar-refractivity contribution in [1.82, 2.24) is 0 Å². The van der Waals surface area contributed by atoms with Crippen LogP contribution in [0.1, 0.15) is 34.6 Å². The van der Waals surface area contributed by atoms with Crippen molar-refractivity contribution in [2.45, 2.75) is 40.7 Å². The van der Waals surface area contributed by atoms with Crippen LogP contribution < -0.4 is 0 Å². The summed E-state index contributed by atoms with van der Waals surface area (Å²) in [6.45, 7) is 10.2. The van der Waals surface area contributed by atoms with Crippen molar-refractivity contribution in [1.29, 1.82) is 0 Å². The zero-order valence-corrected chi connectivity index (χ0v) is 9.07. The molecule has 0 aromatic rings. The minimum absolute atomic E-state index is 0.0494. The van der Waals surface area contributed by atoms with E-state index in [0.29, 0.717) is 5.75 Å². The molecule has 0 amide bonds. The third kappa shape index (κ3) is 3.04. The molecule has 0 saturated heterocycles. The van der Waals surface area contributed by atoms with E-state index in [1.807, 2.05) is 34.6 Å². The van der Waals surface area contributed by atoms with Crippen LogP contribution >= 0.6 is 12.6 Å². The third-order valence-electron chi connectivity index (χ3n) is 1.97. The van der Waals surface area contributed by atoms with E-state index in [-0.39, 0.29) is 16.9 Å². The number of hydrogen-bond acceptors (Lipinski definition) is 2. The first kappa shape index (κ1) is 11.3. The molecule has 0 aliphatic carbocycles. The second-order valence-corrected chi connectivity index (χ2v) is 5.23. The fraction of sp³-hybridized carbons (Fsp3) is 1.00. The van der Waals surface area contributed by atoms with Gasteiger partial charge in [0.1, 0.15) is 0 Å². The number of hydrogen-bond donors (Lipinski definition) is 2. The first-order valence-electron chi connectivity index (χ1n) is 4.01. The van der Waals surface area contributed by atoms with Crippen molar-refractivity contribution in [2.24, 2.45) is 10.8 Å². The Morgan fingerprint density at radius 2 is 1.55 bits per heavy atom. The molecule has 0 saturated carbocycles. The Morgan fingerprint density at radius 3 is 1.64 bits per heavy atom. The topological polar surface area (TPSA) is 20.2 Å². The molecule has 1 N–H and O–H groups in total. The van der Waals surface area contributed by atoms with Gasteiger partial charge in [0.25, 0.3) is 0 Å². The summed E-state index contributed by atoms with van der Waals surface area (Å²) < 4.78 is 0. The lowest BCUT2D eigenvalue weighted by molar-refractivity contribution is -0.0203. The lowest BCUT2D eigenvalue weighted by Crippen LogP contribution is -2.41. The highest BCUT2D eigenvalue weighted by Crippen LogP contribution is 2.34. The Bertz CT molecular complexity index is 124. The predicted octanol–water partition coefficient (Wildman–Crippen LogP) is 2.35. The second kappa shape index (κ2) is 3.36. The zero-order valence-electron chi connectivity index (χ0n) is 8.18. The van der Waals surface area contributed by atoms with Crippen LogP contribution in [0.3, 0.4) is 0 Å². The second-order valence-electron chi connectivity index (χ2n) is 4.92. The Kier molecular flexibility index (Phi) is 3.45. The Hall–Kier alpha value is 0.310. The Labute approximate surface area is 75.6 Å². The SMILES string of the molecule is CC(C)(C)C(O)C(C)(C)CS. The van der Waals surface area contributed by atoms with Crippen molar-refractivity contribution in [3.8, 4) is 0 Å². The molecule has 11 heavy (non-hydrogen) atoms. The molecular weight excluding hydrogens is 156 g/mol. The summed E-state index contributed by atoms with van der Waals surface area (Å²) >= 11 is 4.21. The minimum Gasteiger partial charge on any atom is -0.392 e. The van der Waals surface area contributed by atoms with E-state index < -0.39 is 0 Å². The van der Waals surface area contributed by atoms with Crippen molar-refractivity contribution in [2.75, 3.05) is 5.75 Å². The normalized spacial score (nSPS) is 16.6. The maximum absolute atomic E-state index is 9.86.